The molecular formula is C19H32IN5O3. The van der Waals surface area contributed by atoms with Crippen LogP contribution in [0.2, 0.25) is 0 Å². The molecule has 1 aromatic rings. The van der Waals surface area contributed by atoms with Gasteiger partial charge in [0.25, 0.3) is 0 Å². The fourth-order valence-corrected chi connectivity index (χ4v) is 2.16. The second-order valence-corrected chi connectivity index (χ2v) is 6.98. The van der Waals surface area contributed by atoms with Crippen molar-refractivity contribution in [3.63, 3.8) is 0 Å². The van der Waals surface area contributed by atoms with Crippen LogP contribution >= 0.6 is 24.0 Å². The van der Waals surface area contributed by atoms with Crippen molar-refractivity contribution in [2.75, 3.05) is 31.6 Å². The number of hydrogen-bond acceptors (Lipinski definition) is 4. The molecule has 0 aliphatic carbocycles. The fraction of sp³-hybridized carbons (Fsp3) is 0.526. The lowest BCUT2D eigenvalue weighted by Crippen LogP contribution is -2.43. The molecule has 158 valence electrons. The van der Waals surface area contributed by atoms with Crippen molar-refractivity contribution in [3.8, 4) is 5.75 Å². The molecule has 0 bridgehead atoms. The van der Waals surface area contributed by atoms with Gasteiger partial charge < -0.3 is 26.0 Å². The molecule has 0 fully saturated rings. The second-order valence-electron chi connectivity index (χ2n) is 6.98. The Morgan fingerprint density at radius 1 is 1.18 bits per heavy atom. The van der Waals surface area contributed by atoms with Crippen LogP contribution in [-0.4, -0.2) is 49.6 Å². The Hall–Kier alpha value is -2.04. The SMILES string of the molecule is CCNC(=NCC(=O)NC(C)(C)C)NCCOc1cccc(NC(C)=O)c1.I. The number of benzene rings is 1. The average Bonchev–Trinajstić information content (AvgIpc) is 2.54. The first-order valence-corrected chi connectivity index (χ1v) is 9.03. The van der Waals surface area contributed by atoms with E-state index in [2.05, 4.69) is 26.3 Å². The number of nitrogens with zero attached hydrogens (tertiary/aromatic N) is 1. The molecule has 0 atom stereocenters. The van der Waals surface area contributed by atoms with Gasteiger partial charge in [0.15, 0.2) is 5.96 Å². The van der Waals surface area contributed by atoms with E-state index in [0.717, 1.165) is 0 Å². The van der Waals surface area contributed by atoms with Crippen molar-refractivity contribution in [2.45, 2.75) is 40.2 Å². The molecule has 4 N–H and O–H groups in total. The lowest BCUT2D eigenvalue weighted by atomic mass is 10.1. The average molecular weight is 505 g/mol. The normalized spacial score (nSPS) is 11.1. The molecule has 1 aromatic carbocycles. The van der Waals surface area contributed by atoms with Crippen LogP contribution in [-0.2, 0) is 9.59 Å². The number of guanidine groups is 1. The third-order valence-corrected chi connectivity index (χ3v) is 3.06. The van der Waals surface area contributed by atoms with E-state index in [9.17, 15) is 9.59 Å². The van der Waals surface area contributed by atoms with Crippen molar-refractivity contribution in [1.29, 1.82) is 0 Å². The van der Waals surface area contributed by atoms with E-state index in [-0.39, 0.29) is 47.9 Å². The Balaban J connectivity index is 0.00000729. The van der Waals surface area contributed by atoms with Gasteiger partial charge in [0, 0.05) is 30.8 Å². The van der Waals surface area contributed by atoms with Crippen molar-refractivity contribution < 1.29 is 14.3 Å². The largest absolute Gasteiger partial charge is 0.492 e. The number of halogens is 1. The zero-order valence-corrected chi connectivity index (χ0v) is 19.5. The van der Waals surface area contributed by atoms with Gasteiger partial charge in [0.2, 0.25) is 11.8 Å². The van der Waals surface area contributed by atoms with Gasteiger partial charge in [-0.15, -0.1) is 24.0 Å². The Labute approximate surface area is 184 Å². The molecular weight excluding hydrogens is 473 g/mol. The van der Waals surface area contributed by atoms with Crippen LogP contribution in [0.15, 0.2) is 29.3 Å². The van der Waals surface area contributed by atoms with E-state index in [4.69, 9.17) is 4.74 Å². The Morgan fingerprint density at radius 2 is 1.89 bits per heavy atom. The zero-order chi connectivity index (χ0) is 20.3. The first-order chi connectivity index (χ1) is 12.7. The number of carbonyl (C=O) groups is 2. The lowest BCUT2D eigenvalue weighted by molar-refractivity contribution is -0.121. The summed E-state index contributed by atoms with van der Waals surface area (Å²) >= 11 is 0. The molecule has 0 heterocycles. The monoisotopic (exact) mass is 505 g/mol. The highest BCUT2D eigenvalue weighted by atomic mass is 127. The second kappa shape index (κ2) is 13.2. The van der Waals surface area contributed by atoms with Crippen molar-refractivity contribution in [1.82, 2.24) is 16.0 Å². The van der Waals surface area contributed by atoms with E-state index < -0.39 is 0 Å². The predicted molar refractivity (Wildman–Crippen MR) is 124 cm³/mol. The third kappa shape index (κ3) is 12.4. The summed E-state index contributed by atoms with van der Waals surface area (Å²) in [7, 11) is 0. The number of ether oxygens (including phenoxy) is 1. The van der Waals surface area contributed by atoms with Crippen LogP contribution in [0.3, 0.4) is 0 Å². The van der Waals surface area contributed by atoms with Gasteiger partial charge in [-0.25, -0.2) is 4.99 Å². The van der Waals surface area contributed by atoms with Gasteiger partial charge in [-0.2, -0.15) is 0 Å². The maximum Gasteiger partial charge on any atom is 0.242 e. The number of aliphatic imine (C=N–C) groups is 1. The summed E-state index contributed by atoms with van der Waals surface area (Å²) in [6.45, 7) is 10.8. The molecule has 28 heavy (non-hydrogen) atoms. The number of amides is 2. The molecule has 0 spiro atoms. The summed E-state index contributed by atoms with van der Waals surface area (Å²) < 4.78 is 5.67. The molecule has 9 heteroatoms. The number of carbonyl (C=O) groups excluding carboxylic acids is 2. The lowest BCUT2D eigenvalue weighted by Gasteiger charge is -2.20. The molecule has 8 nitrogen and oxygen atoms in total. The van der Waals surface area contributed by atoms with Gasteiger partial charge in [0.1, 0.15) is 18.9 Å². The summed E-state index contributed by atoms with van der Waals surface area (Å²) in [5.41, 5.74) is 0.408. The smallest absolute Gasteiger partial charge is 0.242 e. The zero-order valence-electron chi connectivity index (χ0n) is 17.2. The van der Waals surface area contributed by atoms with Crippen LogP contribution in [0.4, 0.5) is 5.69 Å². The van der Waals surface area contributed by atoms with E-state index >= 15 is 0 Å². The highest BCUT2D eigenvalue weighted by Gasteiger charge is 2.13. The molecule has 1 rings (SSSR count). The van der Waals surface area contributed by atoms with Crippen LogP contribution in [0.25, 0.3) is 0 Å². The molecule has 0 unspecified atom stereocenters. The molecule has 2 amide bonds. The van der Waals surface area contributed by atoms with Crippen LogP contribution in [0.5, 0.6) is 5.75 Å². The first-order valence-electron chi connectivity index (χ1n) is 9.03. The van der Waals surface area contributed by atoms with E-state index in [0.29, 0.717) is 37.1 Å². The summed E-state index contributed by atoms with van der Waals surface area (Å²) in [4.78, 5) is 27.2. The maximum absolute atomic E-state index is 11.9. The highest BCUT2D eigenvalue weighted by molar-refractivity contribution is 14.0. The van der Waals surface area contributed by atoms with Crippen LogP contribution < -0.4 is 26.0 Å². The predicted octanol–water partition coefficient (Wildman–Crippen LogP) is 2.11. The van der Waals surface area contributed by atoms with Gasteiger partial charge >= 0.3 is 0 Å². The number of hydrogen-bond donors (Lipinski definition) is 4. The molecule has 0 saturated carbocycles. The minimum Gasteiger partial charge on any atom is -0.492 e. The quantitative estimate of drug-likeness (QED) is 0.188. The summed E-state index contributed by atoms with van der Waals surface area (Å²) in [5, 5.41) is 11.8. The van der Waals surface area contributed by atoms with Crippen molar-refractivity contribution >= 4 is 47.4 Å². The Kier molecular flexibility index (Phi) is 12.2. The van der Waals surface area contributed by atoms with Crippen molar-refractivity contribution in [3.05, 3.63) is 24.3 Å². The minimum atomic E-state index is -0.280. The fourth-order valence-electron chi connectivity index (χ4n) is 2.16. The molecule has 0 radical (unpaired) electrons. The molecule has 0 aromatic heterocycles. The Morgan fingerprint density at radius 3 is 2.50 bits per heavy atom. The Bertz CT molecular complexity index is 659. The molecule has 0 saturated heterocycles. The summed E-state index contributed by atoms with van der Waals surface area (Å²) in [6, 6.07) is 7.19. The standard InChI is InChI=1S/C19H31N5O3.HI/c1-6-20-18(22-13-17(26)24-19(3,4)5)21-10-11-27-16-9-7-8-15(12-16)23-14(2)25;/h7-9,12H,6,10-11,13H2,1-5H3,(H,23,25)(H,24,26)(H2,20,21,22);1H. The van der Waals surface area contributed by atoms with Gasteiger partial charge in [-0.1, -0.05) is 6.07 Å². The number of nitrogens with one attached hydrogen (secondary N) is 4. The van der Waals surface area contributed by atoms with E-state index in [1.807, 2.05) is 39.8 Å². The summed E-state index contributed by atoms with van der Waals surface area (Å²) in [6.07, 6.45) is 0. The van der Waals surface area contributed by atoms with E-state index in [1.54, 1.807) is 12.1 Å². The number of anilines is 1. The van der Waals surface area contributed by atoms with Gasteiger partial charge in [-0.3, -0.25) is 9.59 Å². The van der Waals surface area contributed by atoms with Crippen LogP contribution in [0, 0.1) is 0 Å². The molecule has 0 aliphatic rings. The summed E-state index contributed by atoms with van der Waals surface area (Å²) in [5.74, 6) is 0.952. The third-order valence-electron chi connectivity index (χ3n) is 3.06. The van der Waals surface area contributed by atoms with Gasteiger partial charge in [-0.05, 0) is 39.8 Å². The topological polar surface area (TPSA) is 104 Å². The van der Waals surface area contributed by atoms with E-state index in [1.165, 1.54) is 6.92 Å². The molecule has 0 aliphatic heterocycles. The maximum atomic E-state index is 11.9. The van der Waals surface area contributed by atoms with Crippen molar-refractivity contribution in [2.24, 2.45) is 4.99 Å². The minimum absolute atomic E-state index is 0. The van der Waals surface area contributed by atoms with Gasteiger partial charge in [0.05, 0.1) is 6.54 Å². The van der Waals surface area contributed by atoms with Crippen LogP contribution in [0.1, 0.15) is 34.6 Å². The first kappa shape index (κ1) is 26.0. The number of rotatable bonds is 8. The highest BCUT2D eigenvalue weighted by Crippen LogP contribution is 2.16.